The molecule has 0 aliphatic carbocycles. The Balaban J connectivity index is 1.23. The fourth-order valence-electron chi connectivity index (χ4n) is 6.57. The number of nitrogens with zero attached hydrogens (tertiary/aromatic N) is 2. The largest absolute Gasteiger partial charge is 0.481 e. The van der Waals surface area contributed by atoms with Crippen LogP contribution in [0.2, 0.25) is 0 Å². The number of methoxy groups -OCH3 is 1. The molecule has 0 amide bonds. The van der Waals surface area contributed by atoms with Gasteiger partial charge in [-0.05, 0) is 68.2 Å². The monoisotopic (exact) mass is 940 g/mol. The van der Waals surface area contributed by atoms with Crippen molar-refractivity contribution in [3.63, 3.8) is 0 Å². The number of benzene rings is 2. The Morgan fingerprint density at radius 2 is 1.12 bits per heavy atom. The summed E-state index contributed by atoms with van der Waals surface area (Å²) in [6, 6.07) is 15.7. The number of ether oxygens (including phenoxy) is 11. The van der Waals surface area contributed by atoms with Gasteiger partial charge in [-0.1, -0.05) is 29.7 Å². The van der Waals surface area contributed by atoms with E-state index in [-0.39, 0.29) is 6.42 Å². The number of hydrogen-bond donors (Lipinski definition) is 2. The first-order valence-corrected chi connectivity index (χ1v) is 23.1. The molecule has 19 heteroatoms. The van der Waals surface area contributed by atoms with Crippen LogP contribution >= 0.6 is 12.0 Å². The fraction of sp³-hybridized carbons (Fsp3) is 0.652. The number of unbranched alkanes of at least 4 members (excludes halogenated alkanes) is 2. The molecule has 0 fully saturated rings. The number of carboxylic acid groups (broad SMARTS) is 1. The molecule has 2 aromatic carbocycles. The van der Waals surface area contributed by atoms with Crippen molar-refractivity contribution in [2.45, 2.75) is 49.3 Å². The van der Waals surface area contributed by atoms with Crippen molar-refractivity contribution in [3.05, 3.63) is 65.9 Å². The summed E-state index contributed by atoms with van der Waals surface area (Å²) in [5.41, 5.74) is 3.53. The topological polar surface area (TPSA) is 193 Å². The molecule has 1 aliphatic rings. The number of anilines is 1. The molecule has 0 saturated carbocycles. The molecule has 0 radical (unpaired) electrons. The molecule has 368 valence electrons. The van der Waals surface area contributed by atoms with Gasteiger partial charge in [0.15, 0.2) is 0 Å². The van der Waals surface area contributed by atoms with Crippen molar-refractivity contribution in [2.75, 3.05) is 157 Å². The molecule has 1 atom stereocenters. The summed E-state index contributed by atoms with van der Waals surface area (Å²) >= 11 is 0.912. The van der Waals surface area contributed by atoms with Crippen molar-refractivity contribution in [2.24, 2.45) is 4.99 Å². The standard InChI is InChI=1S/C46H72N2O16S/c1-46(42-39-41(65-64-63-51)12-13-43(42)48(17-8-4-7-11-45(49)50)44(46)14-16-47-40-9-5-3-6-10-40)15-18-53-21-22-55-25-26-57-29-30-59-33-34-61-37-38-62-36-35-60-32-31-58-28-27-56-24-23-54-20-19-52-2/h3,5-6,9-10,12-14,16,39,51H,4,7-8,11,15,17-38H2,1-2H3,(H,49,50)/b44-14+,47-16?. The maximum absolute atomic E-state index is 11.1. The van der Waals surface area contributed by atoms with Gasteiger partial charge in [0.2, 0.25) is 0 Å². The number of hydrogen-bond acceptors (Lipinski definition) is 18. The first-order valence-electron chi connectivity index (χ1n) is 22.3. The van der Waals surface area contributed by atoms with Crippen molar-refractivity contribution < 1.29 is 76.6 Å². The van der Waals surface area contributed by atoms with E-state index in [2.05, 4.69) is 21.9 Å². The van der Waals surface area contributed by atoms with Gasteiger partial charge in [-0.15, -0.1) is 4.33 Å². The average molecular weight is 941 g/mol. The van der Waals surface area contributed by atoms with Gasteiger partial charge < -0.3 is 62.1 Å². The third-order valence-corrected chi connectivity index (χ3v) is 10.5. The lowest BCUT2D eigenvalue weighted by Gasteiger charge is -2.30. The number of para-hydroxylation sites is 1. The molecule has 0 bridgehead atoms. The number of carbonyl (C=O) groups is 1. The third-order valence-electron chi connectivity index (χ3n) is 9.88. The van der Waals surface area contributed by atoms with E-state index in [0.717, 1.165) is 52.4 Å². The summed E-state index contributed by atoms with van der Waals surface area (Å²) in [5, 5.41) is 21.8. The van der Waals surface area contributed by atoms with Crippen LogP contribution in [0.1, 0.15) is 44.6 Å². The molecule has 2 N–H and O–H groups in total. The highest BCUT2D eigenvalue weighted by Gasteiger charge is 2.43. The number of fused-ring (bicyclic) bond motifs is 1. The van der Waals surface area contributed by atoms with Gasteiger partial charge in [-0.2, -0.15) is 0 Å². The van der Waals surface area contributed by atoms with Crippen LogP contribution in [-0.2, 0) is 71.7 Å². The van der Waals surface area contributed by atoms with E-state index in [9.17, 15) is 4.79 Å². The van der Waals surface area contributed by atoms with Crippen LogP contribution in [0.3, 0.4) is 0 Å². The number of rotatable bonds is 44. The molecule has 0 aromatic heterocycles. The minimum Gasteiger partial charge on any atom is -0.481 e. The normalized spacial score (nSPS) is 15.5. The zero-order valence-electron chi connectivity index (χ0n) is 38.3. The Morgan fingerprint density at radius 1 is 0.646 bits per heavy atom. The van der Waals surface area contributed by atoms with Crippen LogP contribution in [0.4, 0.5) is 11.4 Å². The quantitative estimate of drug-likeness (QED) is 0.0246. The van der Waals surface area contributed by atoms with Crippen LogP contribution in [-0.4, -0.2) is 175 Å². The number of aliphatic carboxylic acids is 1. The minimum absolute atomic E-state index is 0.148. The van der Waals surface area contributed by atoms with Crippen LogP contribution in [0.5, 0.6) is 0 Å². The van der Waals surface area contributed by atoms with Gasteiger partial charge in [0.05, 0.1) is 150 Å². The molecular formula is C46H72N2O16S. The van der Waals surface area contributed by atoms with Crippen molar-refractivity contribution in [1.29, 1.82) is 0 Å². The predicted molar refractivity (Wildman–Crippen MR) is 245 cm³/mol. The molecule has 1 heterocycles. The average Bonchev–Trinajstić information content (AvgIpc) is 3.54. The number of aliphatic imine (C=N–C) groups is 1. The van der Waals surface area contributed by atoms with Crippen LogP contribution in [0.25, 0.3) is 0 Å². The Hall–Kier alpha value is -3.09. The lowest BCUT2D eigenvalue weighted by atomic mass is 9.78. The maximum atomic E-state index is 11.1. The first-order chi connectivity index (χ1) is 32.0. The predicted octanol–water partition coefficient (Wildman–Crippen LogP) is 6.33. The first kappa shape index (κ1) is 56.2. The molecule has 2 aromatic rings. The zero-order valence-corrected chi connectivity index (χ0v) is 39.1. The lowest BCUT2D eigenvalue weighted by Crippen LogP contribution is -2.31. The fourth-order valence-corrected chi connectivity index (χ4v) is 6.97. The Labute approximate surface area is 388 Å². The highest BCUT2D eigenvalue weighted by atomic mass is 32.2. The smallest absolute Gasteiger partial charge is 0.303 e. The van der Waals surface area contributed by atoms with E-state index in [1.165, 1.54) is 0 Å². The molecule has 0 spiro atoms. The van der Waals surface area contributed by atoms with E-state index in [1.807, 2.05) is 60.8 Å². The van der Waals surface area contributed by atoms with E-state index in [4.69, 9.17) is 66.8 Å². The summed E-state index contributed by atoms with van der Waals surface area (Å²) in [6.07, 6.45) is 6.89. The SMILES string of the molecule is COCCOCCOCCOCCOCCOCCOCCOCCOCCOCCOCCC1(C)/C(=C\C=Nc2ccccc2)N(CCCCCC(=O)O)c2ccc(SOOO)cc21. The molecule has 0 saturated heterocycles. The number of allylic oxidation sites excluding steroid dienone is 2. The number of carboxylic acids is 1. The molecular weight excluding hydrogens is 869 g/mol. The van der Waals surface area contributed by atoms with Gasteiger partial charge >= 0.3 is 5.97 Å². The van der Waals surface area contributed by atoms with Gasteiger partial charge in [-0.25, -0.2) is 5.26 Å². The molecule has 65 heavy (non-hydrogen) atoms. The Kier molecular flexibility index (Phi) is 32.8. The second-order valence-electron chi connectivity index (χ2n) is 14.6. The lowest BCUT2D eigenvalue weighted by molar-refractivity contribution is -0.432. The van der Waals surface area contributed by atoms with Crippen molar-refractivity contribution >= 4 is 35.6 Å². The maximum Gasteiger partial charge on any atom is 0.303 e. The second kappa shape index (κ2) is 37.9. The van der Waals surface area contributed by atoms with E-state index in [0.29, 0.717) is 158 Å². The van der Waals surface area contributed by atoms with Gasteiger partial charge in [-0.3, -0.25) is 9.79 Å². The third kappa shape index (κ3) is 25.6. The molecule has 3 rings (SSSR count). The van der Waals surface area contributed by atoms with Crippen molar-refractivity contribution in [1.82, 2.24) is 0 Å². The highest BCUT2D eigenvalue weighted by Crippen LogP contribution is 2.51. The molecule has 1 unspecified atom stereocenters. The summed E-state index contributed by atoms with van der Waals surface area (Å²) in [5.74, 6) is -0.786. The van der Waals surface area contributed by atoms with E-state index < -0.39 is 11.4 Å². The summed E-state index contributed by atoms with van der Waals surface area (Å²) in [4.78, 5) is 18.8. The van der Waals surface area contributed by atoms with Crippen LogP contribution in [0, 0.1) is 0 Å². The highest BCUT2D eigenvalue weighted by molar-refractivity contribution is 7.94. The van der Waals surface area contributed by atoms with Crippen molar-refractivity contribution in [3.8, 4) is 0 Å². The summed E-state index contributed by atoms with van der Waals surface area (Å²) in [6.45, 7) is 13.1. The Morgan fingerprint density at radius 3 is 1.58 bits per heavy atom. The summed E-state index contributed by atoms with van der Waals surface area (Å²) in [7, 11) is 1.64. The van der Waals surface area contributed by atoms with Crippen LogP contribution in [0.15, 0.2) is 70.2 Å². The van der Waals surface area contributed by atoms with Crippen LogP contribution < -0.4 is 4.90 Å². The second-order valence-corrected chi connectivity index (χ2v) is 15.4. The minimum atomic E-state index is -0.786. The molecule has 1 aliphatic heterocycles. The van der Waals surface area contributed by atoms with Gasteiger partial charge in [0.1, 0.15) is 0 Å². The molecule has 18 nitrogen and oxygen atoms in total. The van der Waals surface area contributed by atoms with Gasteiger partial charge in [0.25, 0.3) is 0 Å². The van der Waals surface area contributed by atoms with E-state index >= 15 is 0 Å². The Bertz CT molecular complexity index is 1540. The zero-order chi connectivity index (χ0) is 46.3. The van der Waals surface area contributed by atoms with E-state index in [1.54, 1.807) is 7.11 Å². The summed E-state index contributed by atoms with van der Waals surface area (Å²) < 4.78 is 65.4. The van der Waals surface area contributed by atoms with Gasteiger partial charge in [0, 0.05) is 54.6 Å².